The number of aliphatic carboxylic acids is 1. The van der Waals surface area contributed by atoms with Crippen molar-refractivity contribution in [3.63, 3.8) is 0 Å². The number of sulfonamides is 1. The molecule has 1 unspecified atom stereocenters. The van der Waals surface area contributed by atoms with Gasteiger partial charge in [-0.05, 0) is 25.5 Å². The van der Waals surface area contributed by atoms with Gasteiger partial charge in [0.1, 0.15) is 4.90 Å². The molecule has 1 aromatic carbocycles. The molecule has 1 heterocycles. The van der Waals surface area contributed by atoms with Gasteiger partial charge in [0.2, 0.25) is 10.0 Å². The van der Waals surface area contributed by atoms with Gasteiger partial charge in [-0.2, -0.15) is 4.31 Å². The molecule has 1 fully saturated rings. The van der Waals surface area contributed by atoms with E-state index in [1.54, 1.807) is 0 Å². The lowest BCUT2D eigenvalue weighted by molar-refractivity contribution is -0.146. The summed E-state index contributed by atoms with van der Waals surface area (Å²) in [4.78, 5) is 10.2. The van der Waals surface area contributed by atoms with Crippen molar-refractivity contribution in [3.05, 3.63) is 28.8 Å². The first-order valence-corrected chi connectivity index (χ1v) is 7.78. The van der Waals surface area contributed by atoms with Crippen molar-refractivity contribution >= 4 is 27.6 Å². The van der Waals surface area contributed by atoms with E-state index >= 15 is 0 Å². The van der Waals surface area contributed by atoms with Gasteiger partial charge in [-0.3, -0.25) is 4.79 Å². The predicted octanol–water partition coefficient (Wildman–Crippen LogP) is 2.10. The Hall–Kier alpha value is -1.25. The van der Waals surface area contributed by atoms with E-state index in [2.05, 4.69) is 0 Å². The van der Waals surface area contributed by atoms with Gasteiger partial charge in [-0.25, -0.2) is 17.2 Å². The highest BCUT2D eigenvalue weighted by Gasteiger charge is 2.46. The minimum Gasteiger partial charge on any atom is -0.481 e. The maximum atomic E-state index is 13.8. The van der Waals surface area contributed by atoms with Crippen LogP contribution in [0.15, 0.2) is 17.0 Å². The minimum absolute atomic E-state index is 0.0795. The summed E-state index contributed by atoms with van der Waals surface area (Å²) in [5.41, 5.74) is -1.26. The number of rotatable bonds is 3. The zero-order chi connectivity index (χ0) is 16.0. The second-order valence-corrected chi connectivity index (χ2v) is 7.41. The van der Waals surface area contributed by atoms with Crippen molar-refractivity contribution in [2.45, 2.75) is 18.2 Å². The van der Waals surface area contributed by atoms with Crippen LogP contribution in [0.4, 0.5) is 8.78 Å². The molecule has 1 atom stereocenters. The Bertz CT molecular complexity index is 709. The standard InChI is InChI=1S/C12H12ClF2NO4S/c1-12(11(17)18)4-5-16(6-12)21(19,20)10-7(13)2-3-8(14)9(10)15/h2-3H,4-6H2,1H3,(H,17,18). The summed E-state index contributed by atoms with van der Waals surface area (Å²) in [5.74, 6) is -4.05. The van der Waals surface area contributed by atoms with E-state index in [4.69, 9.17) is 16.7 Å². The van der Waals surface area contributed by atoms with Crippen LogP contribution in [0.5, 0.6) is 0 Å². The molecule has 21 heavy (non-hydrogen) atoms. The number of halogens is 3. The maximum Gasteiger partial charge on any atom is 0.310 e. The number of carbonyl (C=O) groups is 1. The third-order valence-electron chi connectivity index (χ3n) is 3.55. The van der Waals surface area contributed by atoms with Crippen LogP contribution in [-0.2, 0) is 14.8 Å². The molecule has 5 nitrogen and oxygen atoms in total. The second-order valence-electron chi connectivity index (χ2n) is 5.13. The zero-order valence-electron chi connectivity index (χ0n) is 10.9. The molecule has 1 aliphatic rings. The number of benzene rings is 1. The molecule has 0 radical (unpaired) electrons. The molecule has 0 aliphatic carbocycles. The average molecular weight is 340 g/mol. The highest BCUT2D eigenvalue weighted by molar-refractivity contribution is 7.89. The first-order valence-electron chi connectivity index (χ1n) is 5.96. The third-order valence-corrected chi connectivity index (χ3v) is 5.89. The number of nitrogens with zero attached hydrogens (tertiary/aromatic N) is 1. The Labute approximate surface area is 125 Å². The van der Waals surface area contributed by atoms with Crippen LogP contribution in [0.2, 0.25) is 5.02 Å². The van der Waals surface area contributed by atoms with Crippen LogP contribution in [0.3, 0.4) is 0 Å². The molecule has 1 N–H and O–H groups in total. The first kappa shape index (κ1) is 16.1. The van der Waals surface area contributed by atoms with Gasteiger partial charge in [0.15, 0.2) is 11.6 Å². The Kier molecular flexibility index (Phi) is 3.98. The van der Waals surface area contributed by atoms with Crippen molar-refractivity contribution in [3.8, 4) is 0 Å². The SMILES string of the molecule is CC1(C(=O)O)CCN(S(=O)(=O)c2c(Cl)ccc(F)c2F)C1. The van der Waals surface area contributed by atoms with Crippen LogP contribution in [0.25, 0.3) is 0 Å². The number of hydrogen-bond donors (Lipinski definition) is 1. The molecule has 1 saturated heterocycles. The zero-order valence-corrected chi connectivity index (χ0v) is 12.5. The van der Waals surface area contributed by atoms with Crippen LogP contribution in [0, 0.1) is 17.0 Å². The fraction of sp³-hybridized carbons (Fsp3) is 0.417. The summed E-state index contributed by atoms with van der Waals surface area (Å²) >= 11 is 5.67. The summed E-state index contributed by atoms with van der Waals surface area (Å²) in [7, 11) is -4.40. The fourth-order valence-electron chi connectivity index (χ4n) is 2.17. The summed E-state index contributed by atoms with van der Waals surface area (Å²) < 4.78 is 52.6. The molecule has 2 rings (SSSR count). The van der Waals surface area contributed by atoms with E-state index in [0.29, 0.717) is 0 Å². The molecule has 0 bridgehead atoms. The van der Waals surface area contributed by atoms with Gasteiger partial charge in [-0.1, -0.05) is 11.6 Å². The fourth-order valence-corrected chi connectivity index (χ4v) is 4.29. The normalized spacial score (nSPS) is 23.4. The summed E-state index contributed by atoms with van der Waals surface area (Å²) in [6.45, 7) is 0.975. The minimum atomic E-state index is -4.40. The number of carboxylic acids is 1. The van der Waals surface area contributed by atoms with E-state index in [1.807, 2.05) is 0 Å². The molecule has 0 aromatic heterocycles. The van der Waals surface area contributed by atoms with E-state index < -0.39 is 43.0 Å². The predicted molar refractivity (Wildman–Crippen MR) is 70.5 cm³/mol. The van der Waals surface area contributed by atoms with Crippen molar-refractivity contribution in [2.75, 3.05) is 13.1 Å². The van der Waals surface area contributed by atoms with E-state index in [-0.39, 0.29) is 19.5 Å². The lowest BCUT2D eigenvalue weighted by Crippen LogP contribution is -2.35. The summed E-state index contributed by atoms with van der Waals surface area (Å²) in [5, 5.41) is 8.65. The van der Waals surface area contributed by atoms with Crippen LogP contribution in [-0.4, -0.2) is 36.9 Å². The van der Waals surface area contributed by atoms with Gasteiger partial charge in [-0.15, -0.1) is 0 Å². The third kappa shape index (κ3) is 2.63. The highest BCUT2D eigenvalue weighted by Crippen LogP contribution is 2.36. The topological polar surface area (TPSA) is 74.7 Å². The summed E-state index contributed by atoms with van der Waals surface area (Å²) in [6.07, 6.45) is 0.0795. The smallest absolute Gasteiger partial charge is 0.310 e. The summed E-state index contributed by atoms with van der Waals surface area (Å²) in [6, 6.07) is 1.67. The Morgan fingerprint density at radius 2 is 2.05 bits per heavy atom. The van der Waals surface area contributed by atoms with Gasteiger partial charge in [0, 0.05) is 13.1 Å². The quantitative estimate of drug-likeness (QED) is 0.856. The Morgan fingerprint density at radius 3 is 2.57 bits per heavy atom. The van der Waals surface area contributed by atoms with Crippen LogP contribution in [0.1, 0.15) is 13.3 Å². The van der Waals surface area contributed by atoms with Crippen molar-refractivity contribution in [1.29, 1.82) is 0 Å². The molecule has 1 aliphatic heterocycles. The van der Waals surface area contributed by atoms with Crippen LogP contribution >= 0.6 is 11.6 Å². The highest BCUT2D eigenvalue weighted by atomic mass is 35.5. The monoisotopic (exact) mass is 339 g/mol. The van der Waals surface area contributed by atoms with E-state index in [1.165, 1.54) is 6.92 Å². The van der Waals surface area contributed by atoms with Gasteiger partial charge in [0.25, 0.3) is 0 Å². The number of carboxylic acid groups (broad SMARTS) is 1. The Balaban J connectivity index is 2.46. The first-order chi connectivity index (χ1) is 9.59. The Morgan fingerprint density at radius 1 is 1.43 bits per heavy atom. The van der Waals surface area contributed by atoms with E-state index in [9.17, 15) is 22.0 Å². The average Bonchev–Trinajstić information content (AvgIpc) is 2.79. The molecule has 1 aromatic rings. The molecule has 9 heteroatoms. The van der Waals surface area contributed by atoms with E-state index in [0.717, 1.165) is 16.4 Å². The van der Waals surface area contributed by atoms with Gasteiger partial charge in [0.05, 0.1) is 10.4 Å². The van der Waals surface area contributed by atoms with Crippen molar-refractivity contribution in [1.82, 2.24) is 4.31 Å². The maximum absolute atomic E-state index is 13.8. The lowest BCUT2D eigenvalue weighted by atomic mass is 9.90. The largest absolute Gasteiger partial charge is 0.481 e. The molecule has 0 saturated carbocycles. The molecule has 0 spiro atoms. The number of hydrogen-bond acceptors (Lipinski definition) is 3. The van der Waals surface area contributed by atoms with Crippen molar-refractivity contribution in [2.24, 2.45) is 5.41 Å². The molecule has 116 valence electrons. The lowest BCUT2D eigenvalue weighted by Gasteiger charge is -2.20. The van der Waals surface area contributed by atoms with Crippen molar-refractivity contribution < 1.29 is 27.1 Å². The molecular weight excluding hydrogens is 328 g/mol. The van der Waals surface area contributed by atoms with Crippen LogP contribution < -0.4 is 0 Å². The second kappa shape index (κ2) is 5.19. The molecule has 0 amide bonds. The van der Waals surface area contributed by atoms with Gasteiger partial charge < -0.3 is 5.11 Å². The molecular formula is C12H12ClF2NO4S. The van der Waals surface area contributed by atoms with Gasteiger partial charge >= 0.3 is 5.97 Å².